The number of unbranched alkanes of at least 4 members (excludes halogenated alkanes) is 1. The Morgan fingerprint density at radius 2 is 1.65 bits per heavy atom. The molecule has 0 saturated heterocycles. The number of benzene rings is 2. The number of ether oxygens (including phenoxy) is 2. The van der Waals surface area contributed by atoms with E-state index in [-0.39, 0.29) is 5.69 Å². The first kappa shape index (κ1) is 23.8. The van der Waals surface area contributed by atoms with Crippen molar-refractivity contribution in [3.63, 3.8) is 0 Å². The molecule has 1 aliphatic rings. The molecule has 2 N–H and O–H groups in total. The number of methoxy groups -OCH3 is 2. The smallest absolute Gasteiger partial charge is 0.330 e. The molecule has 0 aliphatic carbocycles. The standard InChI is InChI=1S/C27H34N4O3/c1-17-12-18(2)26(19(3)13-17)29-25-16-22-21-15-24(34-5)23(33-4)14-20(21)8-11-30(22)27(32)31(25)10-7-6-9-28/h12-16H,6-11,28H2,1-5H3/b29-25-. The maximum atomic E-state index is 13.7. The number of nitrogens with zero attached hydrogens (tertiary/aromatic N) is 3. The molecule has 2 heterocycles. The zero-order valence-corrected chi connectivity index (χ0v) is 20.8. The van der Waals surface area contributed by atoms with Crippen LogP contribution in [0.4, 0.5) is 5.69 Å². The van der Waals surface area contributed by atoms with Crippen molar-refractivity contribution >= 4 is 5.69 Å². The predicted octanol–water partition coefficient (Wildman–Crippen LogP) is 3.79. The number of fused-ring (bicyclic) bond motifs is 3. The molecule has 0 radical (unpaired) electrons. The van der Waals surface area contributed by atoms with Crippen molar-refractivity contribution in [2.75, 3.05) is 20.8 Å². The molecule has 3 aromatic rings. The lowest BCUT2D eigenvalue weighted by Crippen LogP contribution is -2.42. The topological polar surface area (TPSA) is 83.8 Å². The number of hydrogen-bond donors (Lipinski definition) is 1. The van der Waals surface area contributed by atoms with Gasteiger partial charge in [0, 0.05) is 24.7 Å². The van der Waals surface area contributed by atoms with Gasteiger partial charge in [-0.15, -0.1) is 0 Å². The first-order chi connectivity index (χ1) is 16.4. The van der Waals surface area contributed by atoms with E-state index in [2.05, 4.69) is 32.9 Å². The molecular weight excluding hydrogens is 428 g/mol. The first-order valence-corrected chi connectivity index (χ1v) is 11.8. The molecule has 34 heavy (non-hydrogen) atoms. The van der Waals surface area contributed by atoms with Gasteiger partial charge in [0.2, 0.25) is 0 Å². The fourth-order valence-electron chi connectivity index (χ4n) is 4.84. The number of hydrogen-bond acceptors (Lipinski definition) is 5. The lowest BCUT2D eigenvalue weighted by molar-refractivity contribution is 0.354. The molecule has 180 valence electrons. The van der Waals surface area contributed by atoms with Gasteiger partial charge in [0.25, 0.3) is 0 Å². The van der Waals surface area contributed by atoms with E-state index in [9.17, 15) is 4.79 Å². The third kappa shape index (κ3) is 4.40. The van der Waals surface area contributed by atoms with Crippen LogP contribution < -0.4 is 26.4 Å². The molecule has 7 nitrogen and oxygen atoms in total. The highest BCUT2D eigenvalue weighted by molar-refractivity contribution is 5.70. The van der Waals surface area contributed by atoms with Crippen LogP contribution in [0.25, 0.3) is 11.3 Å². The Hall–Kier alpha value is -3.32. The van der Waals surface area contributed by atoms with E-state index in [0.29, 0.717) is 36.6 Å². The van der Waals surface area contributed by atoms with Gasteiger partial charge >= 0.3 is 5.69 Å². The summed E-state index contributed by atoms with van der Waals surface area (Å²) >= 11 is 0. The molecule has 0 saturated carbocycles. The second kappa shape index (κ2) is 9.89. The lowest BCUT2D eigenvalue weighted by Gasteiger charge is -2.24. The van der Waals surface area contributed by atoms with Crippen LogP contribution in [0.15, 0.2) is 40.1 Å². The molecule has 0 unspecified atom stereocenters. The van der Waals surface area contributed by atoms with Crippen LogP contribution in [-0.4, -0.2) is 29.9 Å². The van der Waals surface area contributed by atoms with Gasteiger partial charge in [0.15, 0.2) is 11.5 Å². The van der Waals surface area contributed by atoms with E-state index in [1.807, 2.05) is 22.8 Å². The quantitative estimate of drug-likeness (QED) is 0.542. The predicted molar refractivity (Wildman–Crippen MR) is 135 cm³/mol. The van der Waals surface area contributed by atoms with Crippen molar-refractivity contribution in [2.24, 2.45) is 10.7 Å². The Morgan fingerprint density at radius 1 is 0.971 bits per heavy atom. The zero-order valence-electron chi connectivity index (χ0n) is 20.8. The molecule has 0 fully saturated rings. The van der Waals surface area contributed by atoms with E-state index in [4.69, 9.17) is 20.2 Å². The first-order valence-electron chi connectivity index (χ1n) is 11.8. The minimum absolute atomic E-state index is 0.0453. The SMILES string of the molecule is COc1cc2c(cc1OC)-c1c/c(=N/c3c(C)cc(C)cc3C)n(CCCCN)c(=O)n1CC2. The van der Waals surface area contributed by atoms with Gasteiger partial charge in [-0.25, -0.2) is 9.79 Å². The van der Waals surface area contributed by atoms with Crippen LogP contribution in [-0.2, 0) is 19.5 Å². The molecule has 7 heteroatoms. The Bertz CT molecular complexity index is 1330. The highest BCUT2D eigenvalue weighted by Crippen LogP contribution is 2.37. The number of aryl methyl sites for hydroxylation is 4. The Labute approximate surface area is 200 Å². The maximum Gasteiger partial charge on any atom is 0.330 e. The fourth-order valence-corrected chi connectivity index (χ4v) is 4.84. The summed E-state index contributed by atoms with van der Waals surface area (Å²) in [5.74, 6) is 1.34. The van der Waals surface area contributed by atoms with E-state index in [1.54, 1.807) is 18.8 Å². The maximum absolute atomic E-state index is 13.7. The third-order valence-corrected chi connectivity index (χ3v) is 6.48. The van der Waals surface area contributed by atoms with Crippen molar-refractivity contribution in [3.8, 4) is 22.8 Å². The normalized spacial score (nSPS) is 12.9. The van der Waals surface area contributed by atoms with Crippen molar-refractivity contribution in [3.05, 3.63) is 68.6 Å². The summed E-state index contributed by atoms with van der Waals surface area (Å²) in [4.78, 5) is 18.7. The zero-order chi connectivity index (χ0) is 24.4. The van der Waals surface area contributed by atoms with Crippen LogP contribution >= 0.6 is 0 Å². The van der Waals surface area contributed by atoms with Crippen LogP contribution in [0.3, 0.4) is 0 Å². The van der Waals surface area contributed by atoms with Gasteiger partial charge in [-0.2, -0.15) is 0 Å². The second-order valence-corrected chi connectivity index (χ2v) is 8.94. The highest BCUT2D eigenvalue weighted by Gasteiger charge is 2.22. The summed E-state index contributed by atoms with van der Waals surface area (Å²) in [6.07, 6.45) is 2.43. The third-order valence-electron chi connectivity index (χ3n) is 6.48. The molecule has 4 rings (SSSR count). The van der Waals surface area contributed by atoms with Crippen molar-refractivity contribution in [1.82, 2.24) is 9.13 Å². The highest BCUT2D eigenvalue weighted by atomic mass is 16.5. The number of nitrogens with two attached hydrogens (primary N) is 1. The molecule has 0 atom stereocenters. The van der Waals surface area contributed by atoms with Gasteiger partial charge in [-0.1, -0.05) is 17.7 Å². The largest absolute Gasteiger partial charge is 0.493 e. The average molecular weight is 463 g/mol. The molecular formula is C27H34N4O3. The van der Waals surface area contributed by atoms with Gasteiger partial charge in [-0.3, -0.25) is 9.13 Å². The average Bonchev–Trinajstić information content (AvgIpc) is 2.81. The van der Waals surface area contributed by atoms with Crippen LogP contribution in [0.5, 0.6) is 11.5 Å². The van der Waals surface area contributed by atoms with Crippen molar-refractivity contribution < 1.29 is 9.47 Å². The second-order valence-electron chi connectivity index (χ2n) is 8.94. The monoisotopic (exact) mass is 462 g/mol. The van der Waals surface area contributed by atoms with Gasteiger partial charge in [0.1, 0.15) is 5.49 Å². The van der Waals surface area contributed by atoms with Crippen LogP contribution in [0.1, 0.15) is 35.1 Å². The molecule has 0 bridgehead atoms. The minimum Gasteiger partial charge on any atom is -0.493 e. The molecule has 2 aromatic carbocycles. The van der Waals surface area contributed by atoms with E-state index in [0.717, 1.165) is 52.9 Å². The minimum atomic E-state index is -0.0453. The summed E-state index contributed by atoms with van der Waals surface area (Å²) in [6.45, 7) is 8.00. The summed E-state index contributed by atoms with van der Waals surface area (Å²) in [5.41, 5.74) is 13.6. The molecule has 0 spiro atoms. The van der Waals surface area contributed by atoms with Gasteiger partial charge < -0.3 is 15.2 Å². The van der Waals surface area contributed by atoms with E-state index >= 15 is 0 Å². The lowest BCUT2D eigenvalue weighted by atomic mass is 9.97. The number of rotatable bonds is 7. The Morgan fingerprint density at radius 3 is 2.29 bits per heavy atom. The van der Waals surface area contributed by atoms with Crippen LogP contribution in [0, 0.1) is 20.8 Å². The van der Waals surface area contributed by atoms with Gasteiger partial charge in [-0.05, 0) is 75.4 Å². The Kier molecular flexibility index (Phi) is 6.93. The fraction of sp³-hybridized carbons (Fsp3) is 0.407. The molecule has 0 amide bonds. The van der Waals surface area contributed by atoms with E-state index < -0.39 is 0 Å². The molecule has 1 aliphatic heterocycles. The van der Waals surface area contributed by atoms with Crippen molar-refractivity contribution in [2.45, 2.75) is 53.1 Å². The van der Waals surface area contributed by atoms with Crippen molar-refractivity contribution in [1.29, 1.82) is 0 Å². The number of aromatic nitrogens is 2. The summed E-state index contributed by atoms with van der Waals surface area (Å²) < 4.78 is 14.7. The molecule has 1 aromatic heterocycles. The van der Waals surface area contributed by atoms with E-state index in [1.165, 1.54) is 5.56 Å². The summed E-state index contributed by atoms with van der Waals surface area (Å²) in [5, 5.41) is 0. The van der Waals surface area contributed by atoms with Crippen LogP contribution in [0.2, 0.25) is 0 Å². The Balaban J connectivity index is 1.99. The summed E-state index contributed by atoms with van der Waals surface area (Å²) in [7, 11) is 3.26. The summed E-state index contributed by atoms with van der Waals surface area (Å²) in [6, 6.07) is 10.3. The van der Waals surface area contributed by atoms with Gasteiger partial charge in [0.05, 0.1) is 25.6 Å².